The van der Waals surface area contributed by atoms with Crippen LogP contribution in [0.3, 0.4) is 0 Å². The quantitative estimate of drug-likeness (QED) is 0.791. The molecule has 0 bridgehead atoms. The molecule has 0 fully saturated rings. The van der Waals surface area contributed by atoms with E-state index in [-0.39, 0.29) is 17.7 Å². The van der Waals surface area contributed by atoms with Gasteiger partial charge in [0.15, 0.2) is 18.1 Å². The van der Waals surface area contributed by atoms with Crippen LogP contribution in [0, 0.1) is 0 Å². The van der Waals surface area contributed by atoms with Crippen LogP contribution in [0.4, 0.5) is 0 Å². The number of carbonyl (C=O) groups excluding carboxylic acids is 1. The molecule has 2 N–H and O–H groups in total. The van der Waals surface area contributed by atoms with Gasteiger partial charge in [-0.15, -0.1) is 0 Å². The number of fused-ring (bicyclic) bond motifs is 2. The van der Waals surface area contributed by atoms with Gasteiger partial charge in [-0.05, 0) is 6.07 Å². The van der Waals surface area contributed by atoms with Crippen LogP contribution in [0.25, 0.3) is 10.9 Å². The van der Waals surface area contributed by atoms with Crippen LogP contribution in [0.15, 0.2) is 23.1 Å². The number of carbonyl (C=O) groups is 2. The molecule has 0 saturated heterocycles. The Bertz CT molecular complexity index is 808. The van der Waals surface area contributed by atoms with Gasteiger partial charge in [-0.25, -0.2) is 9.59 Å². The fourth-order valence-electron chi connectivity index (χ4n) is 1.97. The highest BCUT2D eigenvalue weighted by Gasteiger charge is 2.19. The summed E-state index contributed by atoms with van der Waals surface area (Å²) in [6.07, 6.45) is 1.18. The molecule has 0 spiro atoms. The van der Waals surface area contributed by atoms with E-state index in [4.69, 9.17) is 14.6 Å². The highest BCUT2D eigenvalue weighted by Crippen LogP contribution is 2.34. The van der Waals surface area contributed by atoms with Crippen molar-refractivity contribution in [3.8, 4) is 11.5 Å². The largest absolute Gasteiger partial charge is 0.479 e. The third-order valence-corrected chi connectivity index (χ3v) is 2.92. The minimum Gasteiger partial charge on any atom is -0.479 e. The molecule has 1 aromatic heterocycles. The van der Waals surface area contributed by atoms with E-state index in [1.807, 2.05) is 0 Å². The normalized spacial score (nSPS) is 12.4. The highest BCUT2D eigenvalue weighted by molar-refractivity contribution is 5.95. The molecule has 1 aliphatic heterocycles. The summed E-state index contributed by atoms with van der Waals surface area (Å²) in [4.78, 5) is 37.1. The van der Waals surface area contributed by atoms with Crippen LogP contribution in [0.2, 0.25) is 0 Å². The van der Waals surface area contributed by atoms with Crippen molar-refractivity contribution in [2.45, 2.75) is 0 Å². The zero-order valence-corrected chi connectivity index (χ0v) is 10.5. The number of nitrogens with one attached hydrogen (secondary N) is 1. The zero-order valence-electron chi connectivity index (χ0n) is 10.5. The molecule has 0 saturated carbocycles. The summed E-state index contributed by atoms with van der Waals surface area (Å²) in [5.74, 6) is -1.40. The topological polar surface area (TPSA) is 115 Å². The van der Waals surface area contributed by atoms with E-state index < -0.39 is 24.0 Å². The van der Waals surface area contributed by atoms with E-state index in [0.29, 0.717) is 17.0 Å². The van der Waals surface area contributed by atoms with Gasteiger partial charge in [-0.3, -0.25) is 4.79 Å². The molecule has 108 valence electrons. The molecule has 1 aromatic carbocycles. The molecule has 8 heteroatoms. The lowest BCUT2D eigenvalue weighted by Gasteiger charge is -2.04. The predicted molar refractivity (Wildman–Crippen MR) is 68.6 cm³/mol. The predicted octanol–water partition coefficient (Wildman–Crippen LogP) is 0.498. The first-order valence-corrected chi connectivity index (χ1v) is 5.90. The van der Waals surface area contributed by atoms with E-state index >= 15 is 0 Å². The maximum absolute atomic E-state index is 12.2. The maximum atomic E-state index is 12.2. The van der Waals surface area contributed by atoms with E-state index in [2.05, 4.69) is 9.72 Å². The van der Waals surface area contributed by atoms with Crippen LogP contribution in [-0.2, 0) is 9.53 Å². The summed E-state index contributed by atoms with van der Waals surface area (Å²) in [6.45, 7) is -0.745. The summed E-state index contributed by atoms with van der Waals surface area (Å²) in [7, 11) is 0. The van der Waals surface area contributed by atoms with Crippen molar-refractivity contribution in [2.24, 2.45) is 0 Å². The summed E-state index contributed by atoms with van der Waals surface area (Å²) in [5, 5.41) is 8.69. The number of aromatic amines is 1. The average molecular weight is 291 g/mol. The van der Waals surface area contributed by atoms with Crippen molar-refractivity contribution >= 4 is 22.8 Å². The Labute approximate surface area is 116 Å². The van der Waals surface area contributed by atoms with Crippen molar-refractivity contribution in [2.75, 3.05) is 13.4 Å². The fourth-order valence-corrected chi connectivity index (χ4v) is 1.97. The number of rotatable bonds is 3. The number of aromatic nitrogens is 1. The Balaban J connectivity index is 2.04. The van der Waals surface area contributed by atoms with Gasteiger partial charge in [0.05, 0.1) is 10.9 Å². The van der Waals surface area contributed by atoms with E-state index in [9.17, 15) is 14.4 Å². The number of hydrogen-bond donors (Lipinski definition) is 2. The molecule has 1 aliphatic rings. The first-order valence-electron chi connectivity index (χ1n) is 5.90. The molecule has 8 nitrogen and oxygen atoms in total. The average Bonchev–Trinajstić information content (AvgIpc) is 2.90. The summed E-state index contributed by atoms with van der Waals surface area (Å²) >= 11 is 0. The molecule has 2 heterocycles. The van der Waals surface area contributed by atoms with Gasteiger partial charge >= 0.3 is 11.9 Å². The molecule has 0 aliphatic carbocycles. The minimum atomic E-state index is -1.30. The van der Waals surface area contributed by atoms with Gasteiger partial charge in [0.25, 0.3) is 0 Å². The molecule has 3 rings (SSSR count). The number of pyridine rings is 1. The molecule has 0 unspecified atom stereocenters. The Morgan fingerprint density at radius 2 is 2.00 bits per heavy atom. The Morgan fingerprint density at radius 1 is 1.29 bits per heavy atom. The number of H-pyrrole nitrogens is 1. The van der Waals surface area contributed by atoms with Crippen molar-refractivity contribution in [3.63, 3.8) is 0 Å². The molecule has 21 heavy (non-hydrogen) atoms. The maximum Gasteiger partial charge on any atom is 0.344 e. The van der Waals surface area contributed by atoms with Crippen molar-refractivity contribution in [3.05, 3.63) is 34.1 Å². The third-order valence-electron chi connectivity index (χ3n) is 2.92. The molecular weight excluding hydrogens is 282 g/mol. The fraction of sp³-hybridized carbons (Fsp3) is 0.154. The van der Waals surface area contributed by atoms with Gasteiger partial charge in [0.2, 0.25) is 12.2 Å². The Morgan fingerprint density at radius 3 is 2.71 bits per heavy atom. The van der Waals surface area contributed by atoms with Crippen LogP contribution >= 0.6 is 0 Å². The monoisotopic (exact) mass is 291 g/mol. The van der Waals surface area contributed by atoms with Gasteiger partial charge < -0.3 is 24.3 Å². The lowest BCUT2D eigenvalue weighted by molar-refractivity contribution is -0.140. The molecule has 0 atom stereocenters. The first-order chi connectivity index (χ1) is 10.1. The molecule has 0 radical (unpaired) electrons. The van der Waals surface area contributed by atoms with Gasteiger partial charge in [0, 0.05) is 12.3 Å². The smallest absolute Gasteiger partial charge is 0.344 e. The summed E-state index contributed by atoms with van der Waals surface area (Å²) in [6, 6.07) is 3.05. The van der Waals surface area contributed by atoms with Crippen molar-refractivity contribution in [1.29, 1.82) is 0 Å². The van der Waals surface area contributed by atoms with Crippen LogP contribution < -0.4 is 14.9 Å². The van der Waals surface area contributed by atoms with Crippen LogP contribution in [0.1, 0.15) is 10.4 Å². The minimum absolute atomic E-state index is 0.0629. The number of carboxylic acids is 1. The number of carboxylic acid groups (broad SMARTS) is 1. The van der Waals surface area contributed by atoms with Gasteiger partial charge in [0.1, 0.15) is 5.56 Å². The van der Waals surface area contributed by atoms with Crippen molar-refractivity contribution < 1.29 is 28.9 Å². The molecular formula is C13H9NO7. The van der Waals surface area contributed by atoms with E-state index in [0.717, 1.165) is 0 Å². The second kappa shape index (κ2) is 4.82. The van der Waals surface area contributed by atoms with E-state index in [1.165, 1.54) is 12.3 Å². The van der Waals surface area contributed by atoms with Crippen molar-refractivity contribution in [1.82, 2.24) is 4.98 Å². The SMILES string of the molecule is O=C(O)COC(=O)c1c[nH]c2cc3c(cc2c1=O)OCO3. The van der Waals surface area contributed by atoms with Gasteiger partial charge in [-0.2, -0.15) is 0 Å². The third kappa shape index (κ3) is 2.27. The lowest BCUT2D eigenvalue weighted by Crippen LogP contribution is -2.20. The highest BCUT2D eigenvalue weighted by atomic mass is 16.7. The Hall–Kier alpha value is -3.03. The Kier molecular flexibility index (Phi) is 2.98. The second-order valence-corrected chi connectivity index (χ2v) is 4.25. The van der Waals surface area contributed by atoms with E-state index in [1.54, 1.807) is 6.07 Å². The van der Waals surface area contributed by atoms with Crippen LogP contribution in [-0.4, -0.2) is 35.4 Å². The lowest BCUT2D eigenvalue weighted by atomic mass is 10.1. The van der Waals surface area contributed by atoms with Crippen LogP contribution in [0.5, 0.6) is 11.5 Å². The van der Waals surface area contributed by atoms with Gasteiger partial charge in [-0.1, -0.05) is 0 Å². The molecule has 2 aromatic rings. The number of aliphatic carboxylic acids is 1. The number of ether oxygens (including phenoxy) is 3. The molecule has 0 amide bonds. The standard InChI is InChI=1S/C13H9NO7/c15-11(16)4-19-13(18)7-3-14-8-2-10-9(20-5-21-10)1-6(8)12(7)17/h1-3H,4-5H2,(H,14,17)(H,15,16). The summed E-state index contributed by atoms with van der Waals surface area (Å²) in [5.41, 5.74) is -0.376. The summed E-state index contributed by atoms with van der Waals surface area (Å²) < 4.78 is 14.9. The number of esters is 1. The number of hydrogen-bond acceptors (Lipinski definition) is 6. The number of benzene rings is 1. The zero-order chi connectivity index (χ0) is 15.0. The first kappa shape index (κ1) is 13.0. The second-order valence-electron chi connectivity index (χ2n) is 4.25.